The quantitative estimate of drug-likeness (QED) is 0.322. The number of aryl methyl sites for hydroxylation is 1. The molecule has 8 nitrogen and oxygen atoms in total. The van der Waals surface area contributed by atoms with Crippen LogP contribution in [-0.2, 0) is 0 Å². The Kier molecular flexibility index (Phi) is 7.55. The average molecular weight is 505 g/mol. The van der Waals surface area contributed by atoms with Crippen LogP contribution in [0.4, 0.5) is 17.2 Å². The van der Waals surface area contributed by atoms with Crippen LogP contribution in [0, 0.1) is 12.3 Å². The second kappa shape index (κ2) is 10.8. The minimum Gasteiger partial charge on any atom is -0.376 e. The van der Waals surface area contributed by atoms with E-state index in [0.717, 1.165) is 37.1 Å². The minimum atomic E-state index is -0.402. The van der Waals surface area contributed by atoms with Crippen LogP contribution in [0.25, 0.3) is 0 Å². The predicted octanol–water partition coefficient (Wildman–Crippen LogP) is 5.04. The first-order valence-electron chi connectivity index (χ1n) is 11.7. The first-order valence-corrected chi connectivity index (χ1v) is 12.1. The summed E-state index contributed by atoms with van der Waals surface area (Å²) < 4.78 is 0. The second-order valence-corrected chi connectivity index (χ2v) is 9.43. The molecule has 1 saturated heterocycles. The van der Waals surface area contributed by atoms with Gasteiger partial charge in [0, 0.05) is 44.5 Å². The van der Waals surface area contributed by atoms with E-state index in [1.54, 1.807) is 42.5 Å². The molecule has 4 rings (SSSR count). The maximum Gasteiger partial charge on any atom is 0.259 e. The summed E-state index contributed by atoms with van der Waals surface area (Å²) >= 11 is 5.90. The van der Waals surface area contributed by atoms with E-state index in [1.165, 1.54) is 6.20 Å². The number of hydrogen-bond donors (Lipinski definition) is 3. The lowest BCUT2D eigenvalue weighted by Crippen LogP contribution is -2.27. The van der Waals surface area contributed by atoms with Crippen LogP contribution in [0.2, 0.25) is 5.02 Å². The summed E-state index contributed by atoms with van der Waals surface area (Å²) in [5.41, 5.74) is 3.49. The van der Waals surface area contributed by atoms with Crippen LogP contribution >= 0.6 is 11.6 Å². The summed E-state index contributed by atoms with van der Waals surface area (Å²) in [6, 6.07) is 13.9. The Morgan fingerprint density at radius 2 is 1.64 bits per heavy atom. The Labute approximate surface area is 215 Å². The highest BCUT2D eigenvalue weighted by Crippen LogP contribution is 2.31. The molecule has 0 saturated carbocycles. The molecule has 0 bridgehead atoms. The fraction of sp³-hybridized carbons (Fsp3) is 0.259. The van der Waals surface area contributed by atoms with Crippen molar-refractivity contribution in [2.24, 2.45) is 0 Å². The van der Waals surface area contributed by atoms with E-state index in [1.807, 2.05) is 36.9 Å². The van der Waals surface area contributed by atoms with Crippen molar-refractivity contribution in [3.63, 3.8) is 0 Å². The van der Waals surface area contributed by atoms with E-state index in [4.69, 9.17) is 17.0 Å². The normalized spacial score (nSPS) is 12.8. The fourth-order valence-corrected chi connectivity index (χ4v) is 4.26. The Hall–Kier alpha value is -3.91. The zero-order chi connectivity index (χ0) is 25.8. The molecule has 3 N–H and O–H groups in total. The number of amidine groups is 1. The molecule has 36 heavy (non-hydrogen) atoms. The van der Waals surface area contributed by atoms with Crippen molar-refractivity contribution >= 4 is 46.4 Å². The van der Waals surface area contributed by atoms with Crippen LogP contribution in [0.3, 0.4) is 0 Å². The molecule has 3 aromatic rings. The van der Waals surface area contributed by atoms with E-state index in [0.29, 0.717) is 39.2 Å². The lowest BCUT2D eigenvalue weighted by molar-refractivity contribution is 0.102. The molecule has 0 unspecified atom stereocenters. The summed E-state index contributed by atoms with van der Waals surface area (Å²) in [7, 11) is 3.71. The molecule has 1 aliphatic heterocycles. The fourth-order valence-electron chi connectivity index (χ4n) is 4.15. The monoisotopic (exact) mass is 504 g/mol. The van der Waals surface area contributed by atoms with Crippen molar-refractivity contribution in [2.75, 3.05) is 42.7 Å². The van der Waals surface area contributed by atoms with Gasteiger partial charge in [-0.05, 0) is 61.7 Å². The highest BCUT2D eigenvalue weighted by Gasteiger charge is 2.21. The van der Waals surface area contributed by atoms with Crippen molar-refractivity contribution in [1.82, 2.24) is 9.88 Å². The van der Waals surface area contributed by atoms with Gasteiger partial charge in [-0.3, -0.25) is 15.0 Å². The lowest BCUT2D eigenvalue weighted by Gasteiger charge is -2.22. The van der Waals surface area contributed by atoms with Gasteiger partial charge in [0.05, 0.1) is 22.0 Å². The standard InChI is InChI=1S/C27H29ClN6O2/c1-17-14-21(27(36)31-23-11-10-20(28)16-30-23)24(22(15-17)33(2)3)32-26(35)19-8-6-18(7-9-19)25(29)34-12-4-5-13-34/h6-11,14-16,29H,4-5,12-13H2,1-3H3,(H,32,35)(H,30,31,36). The van der Waals surface area contributed by atoms with Crippen LogP contribution < -0.4 is 15.5 Å². The van der Waals surface area contributed by atoms with Gasteiger partial charge in [-0.25, -0.2) is 4.98 Å². The molecule has 1 fully saturated rings. The highest BCUT2D eigenvalue weighted by molar-refractivity contribution is 6.30. The zero-order valence-electron chi connectivity index (χ0n) is 20.6. The van der Waals surface area contributed by atoms with E-state index in [9.17, 15) is 9.59 Å². The van der Waals surface area contributed by atoms with Crippen LogP contribution in [0.15, 0.2) is 54.7 Å². The van der Waals surface area contributed by atoms with Crippen molar-refractivity contribution in [2.45, 2.75) is 19.8 Å². The molecule has 2 amide bonds. The largest absolute Gasteiger partial charge is 0.376 e. The summed E-state index contributed by atoms with van der Waals surface area (Å²) in [6.07, 6.45) is 3.64. The van der Waals surface area contributed by atoms with Crippen LogP contribution in [-0.4, -0.2) is 54.7 Å². The van der Waals surface area contributed by atoms with Gasteiger partial charge in [0.2, 0.25) is 0 Å². The van der Waals surface area contributed by atoms with Crippen molar-refractivity contribution in [3.8, 4) is 0 Å². The first-order chi connectivity index (χ1) is 17.2. The highest BCUT2D eigenvalue weighted by atomic mass is 35.5. The number of nitrogens with zero attached hydrogens (tertiary/aromatic N) is 3. The van der Waals surface area contributed by atoms with Gasteiger partial charge in [0.25, 0.3) is 11.8 Å². The average Bonchev–Trinajstić information content (AvgIpc) is 3.40. The number of carbonyl (C=O) groups is 2. The molecule has 1 aliphatic rings. The van der Waals surface area contributed by atoms with Crippen LogP contribution in [0.1, 0.15) is 44.7 Å². The van der Waals surface area contributed by atoms with E-state index in [2.05, 4.69) is 15.6 Å². The number of benzene rings is 2. The molecule has 0 radical (unpaired) electrons. The molecule has 0 atom stereocenters. The number of likely N-dealkylation sites (tertiary alicyclic amines) is 1. The molecule has 2 aromatic carbocycles. The molecule has 186 valence electrons. The minimum absolute atomic E-state index is 0.316. The SMILES string of the molecule is Cc1cc(C(=O)Nc2ccc(Cl)cn2)c(NC(=O)c2ccc(C(=N)N3CCCC3)cc2)c(N(C)C)c1. The maximum atomic E-state index is 13.2. The van der Waals surface area contributed by atoms with E-state index in [-0.39, 0.29) is 5.91 Å². The molecule has 2 heterocycles. The number of amides is 2. The van der Waals surface area contributed by atoms with Gasteiger partial charge in [0.15, 0.2) is 0 Å². The van der Waals surface area contributed by atoms with Gasteiger partial charge in [-0.2, -0.15) is 0 Å². The molecule has 0 spiro atoms. The van der Waals surface area contributed by atoms with Crippen molar-refractivity contribution in [1.29, 1.82) is 5.41 Å². The smallest absolute Gasteiger partial charge is 0.259 e. The summed E-state index contributed by atoms with van der Waals surface area (Å²) in [6.45, 7) is 3.67. The third-order valence-corrected chi connectivity index (χ3v) is 6.26. The third kappa shape index (κ3) is 5.66. The molecule has 0 aliphatic carbocycles. The molecule has 1 aromatic heterocycles. The van der Waals surface area contributed by atoms with Gasteiger partial charge < -0.3 is 20.4 Å². The Morgan fingerprint density at radius 3 is 2.25 bits per heavy atom. The first kappa shape index (κ1) is 25.2. The number of hydrogen-bond acceptors (Lipinski definition) is 5. The number of anilines is 3. The summed E-state index contributed by atoms with van der Waals surface area (Å²) in [5.74, 6) is 0.0782. The Bertz CT molecular complexity index is 1280. The number of nitrogens with one attached hydrogen (secondary N) is 3. The number of aromatic nitrogens is 1. The van der Waals surface area contributed by atoms with Crippen molar-refractivity contribution in [3.05, 3.63) is 82.0 Å². The van der Waals surface area contributed by atoms with Gasteiger partial charge in [0.1, 0.15) is 11.7 Å². The summed E-state index contributed by atoms with van der Waals surface area (Å²) in [4.78, 5) is 34.5. The van der Waals surface area contributed by atoms with E-state index < -0.39 is 5.91 Å². The third-order valence-electron chi connectivity index (χ3n) is 6.04. The van der Waals surface area contributed by atoms with Gasteiger partial charge >= 0.3 is 0 Å². The Balaban J connectivity index is 1.60. The number of carbonyl (C=O) groups excluding carboxylic acids is 2. The molecular formula is C27H29ClN6O2. The zero-order valence-corrected chi connectivity index (χ0v) is 21.3. The van der Waals surface area contributed by atoms with Crippen molar-refractivity contribution < 1.29 is 9.59 Å². The Morgan fingerprint density at radius 1 is 0.972 bits per heavy atom. The molecule has 9 heteroatoms. The number of halogens is 1. The number of pyridine rings is 1. The molecular weight excluding hydrogens is 476 g/mol. The maximum absolute atomic E-state index is 13.2. The predicted molar refractivity (Wildman–Crippen MR) is 145 cm³/mol. The summed E-state index contributed by atoms with van der Waals surface area (Å²) in [5, 5.41) is 14.6. The lowest BCUT2D eigenvalue weighted by atomic mass is 10.0. The van der Waals surface area contributed by atoms with Gasteiger partial charge in [-0.1, -0.05) is 23.7 Å². The van der Waals surface area contributed by atoms with Crippen LogP contribution in [0.5, 0.6) is 0 Å². The second-order valence-electron chi connectivity index (χ2n) is 8.99. The topological polar surface area (TPSA) is 101 Å². The van der Waals surface area contributed by atoms with E-state index >= 15 is 0 Å². The van der Waals surface area contributed by atoms with Gasteiger partial charge in [-0.15, -0.1) is 0 Å². The number of rotatable bonds is 6.